The van der Waals surface area contributed by atoms with Crippen molar-refractivity contribution in [3.05, 3.63) is 30.3 Å². The predicted molar refractivity (Wildman–Crippen MR) is 75.3 cm³/mol. The zero-order chi connectivity index (χ0) is 14.2. The van der Waals surface area contributed by atoms with E-state index < -0.39 is 0 Å². The first-order valence-electron chi connectivity index (χ1n) is 6.90. The number of benzene rings is 1. The highest BCUT2D eigenvalue weighted by Gasteiger charge is 2.20. The van der Waals surface area contributed by atoms with Crippen molar-refractivity contribution in [2.75, 3.05) is 32.7 Å². The molecule has 5 heteroatoms. The van der Waals surface area contributed by atoms with Gasteiger partial charge < -0.3 is 14.5 Å². The van der Waals surface area contributed by atoms with E-state index in [1.807, 2.05) is 18.2 Å². The monoisotopic (exact) mass is 273 g/mol. The summed E-state index contributed by atoms with van der Waals surface area (Å²) in [6.45, 7) is 3.85. The first-order valence-corrected chi connectivity index (χ1v) is 6.90. The van der Waals surface area contributed by atoms with Crippen molar-refractivity contribution in [3.8, 4) is 11.8 Å². The van der Waals surface area contributed by atoms with Crippen LogP contribution in [0.5, 0.6) is 5.75 Å². The maximum atomic E-state index is 12.1. The molecule has 106 valence electrons. The molecule has 1 amide bonds. The van der Waals surface area contributed by atoms with Crippen LogP contribution in [0.3, 0.4) is 0 Å². The van der Waals surface area contributed by atoms with Gasteiger partial charge in [0.2, 0.25) is 0 Å². The van der Waals surface area contributed by atoms with E-state index in [1.54, 1.807) is 17.0 Å². The fraction of sp³-hybridized carbons (Fsp3) is 0.467. The van der Waals surface area contributed by atoms with Crippen LogP contribution in [0.15, 0.2) is 30.3 Å². The van der Waals surface area contributed by atoms with Gasteiger partial charge in [-0.2, -0.15) is 5.26 Å². The summed E-state index contributed by atoms with van der Waals surface area (Å²) in [6, 6.07) is 11.3. The first-order chi connectivity index (χ1) is 9.79. The van der Waals surface area contributed by atoms with Crippen LogP contribution in [-0.2, 0) is 0 Å². The summed E-state index contributed by atoms with van der Waals surface area (Å²) in [7, 11) is 0. The molecule has 0 aromatic heterocycles. The Morgan fingerprint density at radius 3 is 2.75 bits per heavy atom. The topological polar surface area (TPSA) is 56.6 Å². The molecule has 20 heavy (non-hydrogen) atoms. The van der Waals surface area contributed by atoms with E-state index in [-0.39, 0.29) is 6.09 Å². The number of nitriles is 1. The normalized spacial score (nSPS) is 16.2. The fourth-order valence-electron chi connectivity index (χ4n) is 2.24. The number of rotatable bonds is 3. The molecule has 1 heterocycles. The van der Waals surface area contributed by atoms with Gasteiger partial charge in [-0.05, 0) is 25.1 Å². The number of carbonyl (C=O) groups is 1. The van der Waals surface area contributed by atoms with Gasteiger partial charge >= 0.3 is 6.09 Å². The van der Waals surface area contributed by atoms with E-state index in [0.717, 1.165) is 26.1 Å². The third kappa shape index (κ3) is 4.25. The predicted octanol–water partition coefficient (Wildman–Crippen LogP) is 2.11. The van der Waals surface area contributed by atoms with Gasteiger partial charge in [0, 0.05) is 32.6 Å². The summed E-state index contributed by atoms with van der Waals surface area (Å²) in [6.07, 6.45) is 1.15. The Labute approximate surface area is 119 Å². The van der Waals surface area contributed by atoms with Crippen LogP contribution in [0.1, 0.15) is 12.8 Å². The van der Waals surface area contributed by atoms with Crippen LogP contribution < -0.4 is 4.74 Å². The van der Waals surface area contributed by atoms with Crippen molar-refractivity contribution in [3.63, 3.8) is 0 Å². The fourth-order valence-corrected chi connectivity index (χ4v) is 2.24. The van der Waals surface area contributed by atoms with Gasteiger partial charge in [0.15, 0.2) is 0 Å². The molecule has 0 saturated carbocycles. The van der Waals surface area contributed by atoms with Gasteiger partial charge in [-0.1, -0.05) is 18.2 Å². The van der Waals surface area contributed by atoms with E-state index in [1.165, 1.54) is 0 Å². The molecule has 1 aromatic carbocycles. The van der Waals surface area contributed by atoms with E-state index in [2.05, 4.69) is 11.0 Å². The molecule has 1 aliphatic heterocycles. The standard InChI is InChI=1S/C15H19N3O2/c16-8-4-9-17-10-5-11-18(13-12-17)15(19)20-14-6-2-1-3-7-14/h1-3,6-7H,4-5,9-13H2. The van der Waals surface area contributed by atoms with Gasteiger partial charge in [-0.25, -0.2) is 4.79 Å². The van der Waals surface area contributed by atoms with Gasteiger partial charge in [-0.3, -0.25) is 0 Å². The van der Waals surface area contributed by atoms with Crippen molar-refractivity contribution >= 4 is 6.09 Å². The molecule has 1 aromatic rings. The van der Waals surface area contributed by atoms with Crippen LogP contribution in [0, 0.1) is 11.3 Å². The summed E-state index contributed by atoms with van der Waals surface area (Å²) < 4.78 is 5.34. The van der Waals surface area contributed by atoms with Crippen LogP contribution in [0.4, 0.5) is 4.79 Å². The van der Waals surface area contributed by atoms with Crippen molar-refractivity contribution < 1.29 is 9.53 Å². The van der Waals surface area contributed by atoms with Gasteiger partial charge in [0.25, 0.3) is 0 Å². The Kier molecular flexibility index (Phi) is 5.39. The lowest BCUT2D eigenvalue weighted by molar-refractivity contribution is 0.153. The minimum atomic E-state index is -0.293. The van der Waals surface area contributed by atoms with Crippen molar-refractivity contribution in [1.82, 2.24) is 9.80 Å². The number of hydrogen-bond acceptors (Lipinski definition) is 4. The second-order valence-corrected chi connectivity index (χ2v) is 4.77. The molecule has 0 radical (unpaired) electrons. The highest BCUT2D eigenvalue weighted by Crippen LogP contribution is 2.12. The number of ether oxygens (including phenoxy) is 1. The maximum absolute atomic E-state index is 12.1. The second kappa shape index (κ2) is 7.51. The largest absolute Gasteiger partial charge is 0.415 e. The molecular formula is C15H19N3O2. The smallest absolute Gasteiger partial charge is 0.410 e. The first kappa shape index (κ1) is 14.4. The molecule has 1 fully saturated rings. The average molecular weight is 273 g/mol. The molecule has 0 spiro atoms. The number of para-hydroxylation sites is 1. The molecular weight excluding hydrogens is 254 g/mol. The minimum absolute atomic E-state index is 0.293. The minimum Gasteiger partial charge on any atom is -0.410 e. The number of carbonyl (C=O) groups excluding carboxylic acids is 1. The van der Waals surface area contributed by atoms with E-state index >= 15 is 0 Å². The van der Waals surface area contributed by atoms with E-state index in [4.69, 9.17) is 10.00 Å². The summed E-state index contributed by atoms with van der Waals surface area (Å²) in [4.78, 5) is 16.0. The van der Waals surface area contributed by atoms with Crippen LogP contribution in [-0.4, -0.2) is 48.6 Å². The lowest BCUT2D eigenvalue weighted by atomic mass is 10.3. The lowest BCUT2D eigenvalue weighted by Gasteiger charge is -2.20. The number of amides is 1. The zero-order valence-corrected chi connectivity index (χ0v) is 11.5. The van der Waals surface area contributed by atoms with Crippen molar-refractivity contribution in [2.45, 2.75) is 12.8 Å². The maximum Gasteiger partial charge on any atom is 0.415 e. The summed E-state index contributed by atoms with van der Waals surface area (Å²) in [5.74, 6) is 0.572. The molecule has 1 aliphatic rings. The van der Waals surface area contributed by atoms with Crippen LogP contribution in [0.2, 0.25) is 0 Å². The highest BCUT2D eigenvalue weighted by molar-refractivity contribution is 5.70. The number of hydrogen-bond donors (Lipinski definition) is 0. The quantitative estimate of drug-likeness (QED) is 0.846. The Morgan fingerprint density at radius 1 is 1.20 bits per heavy atom. The Balaban J connectivity index is 1.84. The molecule has 1 saturated heterocycles. The average Bonchev–Trinajstić information content (AvgIpc) is 2.72. The van der Waals surface area contributed by atoms with Crippen molar-refractivity contribution in [1.29, 1.82) is 5.26 Å². The Bertz CT molecular complexity index is 470. The molecule has 0 aliphatic carbocycles. The molecule has 0 atom stereocenters. The van der Waals surface area contributed by atoms with E-state index in [9.17, 15) is 4.79 Å². The van der Waals surface area contributed by atoms with Crippen LogP contribution >= 0.6 is 0 Å². The second-order valence-electron chi connectivity index (χ2n) is 4.77. The highest BCUT2D eigenvalue weighted by atomic mass is 16.6. The van der Waals surface area contributed by atoms with Gasteiger partial charge in [0.1, 0.15) is 5.75 Å². The third-order valence-electron chi connectivity index (χ3n) is 3.33. The Hall–Kier alpha value is -2.06. The molecule has 0 N–H and O–H groups in total. The van der Waals surface area contributed by atoms with Crippen LogP contribution in [0.25, 0.3) is 0 Å². The van der Waals surface area contributed by atoms with Gasteiger partial charge in [-0.15, -0.1) is 0 Å². The van der Waals surface area contributed by atoms with Crippen molar-refractivity contribution in [2.24, 2.45) is 0 Å². The molecule has 5 nitrogen and oxygen atoms in total. The SMILES string of the molecule is N#CCCN1CCCN(C(=O)Oc2ccccc2)CC1. The number of nitrogens with zero attached hydrogens (tertiary/aromatic N) is 3. The summed E-state index contributed by atoms with van der Waals surface area (Å²) in [5.41, 5.74) is 0. The van der Waals surface area contributed by atoms with Gasteiger partial charge in [0.05, 0.1) is 6.07 Å². The zero-order valence-electron chi connectivity index (χ0n) is 11.5. The molecule has 0 bridgehead atoms. The summed E-state index contributed by atoms with van der Waals surface area (Å²) >= 11 is 0. The Morgan fingerprint density at radius 2 is 2.00 bits per heavy atom. The molecule has 0 unspecified atom stereocenters. The van der Waals surface area contributed by atoms with E-state index in [0.29, 0.717) is 25.3 Å². The lowest BCUT2D eigenvalue weighted by Crippen LogP contribution is -2.37. The molecule has 2 rings (SSSR count). The third-order valence-corrected chi connectivity index (χ3v) is 3.33. The summed E-state index contributed by atoms with van der Waals surface area (Å²) in [5, 5.41) is 8.61.